The lowest BCUT2D eigenvalue weighted by Gasteiger charge is -2.06. The van der Waals surface area contributed by atoms with E-state index in [9.17, 15) is 9.59 Å². The van der Waals surface area contributed by atoms with Gasteiger partial charge in [0.1, 0.15) is 6.04 Å². The molecule has 1 atom stereocenters. The number of amides is 1. The number of rotatable bonds is 20. The Morgan fingerprint density at radius 3 is 2.04 bits per heavy atom. The van der Waals surface area contributed by atoms with E-state index < -0.39 is 12.0 Å². The Kier molecular flexibility index (Phi) is 19.4. The number of hydrogen-bond donors (Lipinski definition) is 3. The zero-order valence-corrected chi connectivity index (χ0v) is 18.1. The number of nitrogens with two attached hydrogens (primary N) is 1. The molecule has 0 unspecified atom stereocenters. The molecule has 0 heterocycles. The highest BCUT2D eigenvalue weighted by atomic mass is 16.4. The molecule has 0 aliphatic heterocycles. The summed E-state index contributed by atoms with van der Waals surface area (Å²) >= 11 is 0. The van der Waals surface area contributed by atoms with E-state index in [4.69, 9.17) is 10.8 Å². The van der Waals surface area contributed by atoms with Crippen LogP contribution in [0.2, 0.25) is 0 Å². The first kappa shape index (κ1) is 26.6. The van der Waals surface area contributed by atoms with Gasteiger partial charge in [-0.15, -0.1) is 0 Å². The molecule has 0 aliphatic rings. The van der Waals surface area contributed by atoms with Gasteiger partial charge in [0.15, 0.2) is 0 Å². The number of hydrogen-bond acceptors (Lipinski definition) is 3. The predicted molar refractivity (Wildman–Crippen MR) is 117 cm³/mol. The third kappa shape index (κ3) is 19.4. The van der Waals surface area contributed by atoms with Crippen molar-refractivity contribution in [3.8, 4) is 0 Å². The fourth-order valence-corrected chi connectivity index (χ4v) is 3.13. The van der Waals surface area contributed by atoms with Gasteiger partial charge in [-0.25, -0.2) is 0 Å². The highest BCUT2D eigenvalue weighted by Gasteiger charge is 2.10. The molecule has 0 saturated heterocycles. The van der Waals surface area contributed by atoms with E-state index in [1.165, 1.54) is 64.2 Å². The number of carboxylic acid groups (broad SMARTS) is 1. The highest BCUT2D eigenvalue weighted by molar-refractivity contribution is 5.75. The van der Waals surface area contributed by atoms with E-state index in [1.807, 2.05) is 0 Å². The Bertz CT molecular complexity index is 411. The summed E-state index contributed by atoms with van der Waals surface area (Å²) in [4.78, 5) is 22.3. The normalized spacial score (nSPS) is 12.4. The largest absolute Gasteiger partial charge is 0.480 e. The molecule has 1 amide bonds. The second-order valence-corrected chi connectivity index (χ2v) is 7.77. The van der Waals surface area contributed by atoms with Crippen LogP contribution in [-0.2, 0) is 9.59 Å². The van der Waals surface area contributed by atoms with Gasteiger partial charge in [0.05, 0.1) is 0 Å². The summed E-state index contributed by atoms with van der Waals surface area (Å²) in [5.74, 6) is -0.903. The van der Waals surface area contributed by atoms with Gasteiger partial charge in [-0.3, -0.25) is 9.59 Å². The molecule has 164 valence electrons. The lowest BCUT2D eigenvalue weighted by atomic mass is 10.1. The third-order valence-electron chi connectivity index (χ3n) is 5.01. The van der Waals surface area contributed by atoms with Crippen LogP contribution >= 0.6 is 0 Å². The Morgan fingerprint density at radius 2 is 1.43 bits per heavy atom. The highest BCUT2D eigenvalue weighted by Crippen LogP contribution is 2.11. The zero-order chi connectivity index (χ0) is 20.9. The first-order chi connectivity index (χ1) is 13.6. The molecule has 0 saturated carbocycles. The van der Waals surface area contributed by atoms with Crippen LogP contribution < -0.4 is 11.1 Å². The molecule has 5 heteroatoms. The van der Waals surface area contributed by atoms with Gasteiger partial charge >= 0.3 is 5.97 Å². The van der Waals surface area contributed by atoms with Gasteiger partial charge < -0.3 is 16.2 Å². The summed E-state index contributed by atoms with van der Waals surface area (Å²) in [6.45, 7) is 2.85. The SMILES string of the molecule is CCCCCCCCCCCC/C=C/CCC(=O)NCCCC[C@H](N)C(=O)O. The summed E-state index contributed by atoms with van der Waals surface area (Å²) in [5, 5.41) is 11.6. The molecule has 0 aromatic carbocycles. The van der Waals surface area contributed by atoms with Crippen LogP contribution in [0.3, 0.4) is 0 Å². The first-order valence-corrected chi connectivity index (χ1v) is 11.5. The summed E-state index contributed by atoms with van der Waals surface area (Å²) in [6.07, 6.45) is 22.2. The predicted octanol–water partition coefficient (Wildman–Crippen LogP) is 5.33. The number of allylic oxidation sites excluding steroid dienone is 2. The van der Waals surface area contributed by atoms with Gasteiger partial charge in [-0.1, -0.05) is 76.9 Å². The molecule has 4 N–H and O–H groups in total. The fourth-order valence-electron chi connectivity index (χ4n) is 3.13. The molecule has 0 bridgehead atoms. The molecule has 0 aromatic heterocycles. The zero-order valence-electron chi connectivity index (χ0n) is 18.1. The van der Waals surface area contributed by atoms with Crippen molar-refractivity contribution in [2.75, 3.05) is 6.54 Å². The second-order valence-electron chi connectivity index (χ2n) is 7.77. The van der Waals surface area contributed by atoms with Crippen LogP contribution in [0.1, 0.15) is 110 Å². The van der Waals surface area contributed by atoms with Crippen LogP contribution in [0.5, 0.6) is 0 Å². The molecular weight excluding hydrogens is 352 g/mol. The van der Waals surface area contributed by atoms with Crippen molar-refractivity contribution >= 4 is 11.9 Å². The van der Waals surface area contributed by atoms with Crippen molar-refractivity contribution in [3.05, 3.63) is 12.2 Å². The summed E-state index contributed by atoms with van der Waals surface area (Å²) < 4.78 is 0. The minimum Gasteiger partial charge on any atom is -0.480 e. The van der Waals surface area contributed by atoms with Gasteiger partial charge in [0, 0.05) is 13.0 Å². The van der Waals surface area contributed by atoms with Gasteiger partial charge in [-0.05, 0) is 38.5 Å². The number of aliphatic carboxylic acids is 1. The van der Waals surface area contributed by atoms with Crippen molar-refractivity contribution in [3.63, 3.8) is 0 Å². The summed E-state index contributed by atoms with van der Waals surface area (Å²) in [7, 11) is 0. The van der Waals surface area contributed by atoms with E-state index in [0.29, 0.717) is 25.8 Å². The quantitative estimate of drug-likeness (QED) is 0.191. The van der Waals surface area contributed by atoms with Crippen molar-refractivity contribution in [2.45, 2.75) is 116 Å². The molecule has 0 spiro atoms. The minimum absolute atomic E-state index is 0.0612. The second kappa shape index (κ2) is 20.4. The standard InChI is InChI=1S/C23H44N2O3/c1-2-3-4-5-6-7-8-9-10-11-12-13-14-15-19-22(26)25-20-17-16-18-21(24)23(27)28/h13-14,21H,2-12,15-20,24H2,1H3,(H,25,26)(H,27,28)/b14-13+/t21-/m0/s1. The van der Waals surface area contributed by atoms with Crippen LogP contribution in [0, 0.1) is 0 Å². The van der Waals surface area contributed by atoms with Crippen LogP contribution in [0.4, 0.5) is 0 Å². The average molecular weight is 397 g/mol. The molecule has 5 nitrogen and oxygen atoms in total. The smallest absolute Gasteiger partial charge is 0.320 e. The van der Waals surface area contributed by atoms with E-state index in [1.54, 1.807) is 0 Å². The Labute approximate surface area is 172 Å². The Hall–Kier alpha value is -1.36. The molecule has 0 rings (SSSR count). The monoisotopic (exact) mass is 396 g/mol. The van der Waals surface area contributed by atoms with E-state index in [-0.39, 0.29) is 5.91 Å². The number of carboxylic acids is 1. The molecule has 0 radical (unpaired) electrons. The van der Waals surface area contributed by atoms with Crippen molar-refractivity contribution in [2.24, 2.45) is 5.73 Å². The third-order valence-corrected chi connectivity index (χ3v) is 5.01. The first-order valence-electron chi connectivity index (χ1n) is 11.5. The summed E-state index contributed by atoms with van der Waals surface area (Å²) in [5.41, 5.74) is 5.43. The van der Waals surface area contributed by atoms with Crippen molar-refractivity contribution < 1.29 is 14.7 Å². The number of carbonyl (C=O) groups excluding carboxylic acids is 1. The van der Waals surface area contributed by atoms with Gasteiger partial charge in [-0.2, -0.15) is 0 Å². The number of unbranched alkanes of at least 4 members (excludes halogenated alkanes) is 11. The molecular formula is C23H44N2O3. The molecule has 28 heavy (non-hydrogen) atoms. The van der Waals surface area contributed by atoms with Gasteiger partial charge in [0.2, 0.25) is 5.91 Å². The maximum atomic E-state index is 11.7. The number of nitrogens with one attached hydrogen (secondary N) is 1. The van der Waals surface area contributed by atoms with Crippen LogP contribution in [-0.4, -0.2) is 29.6 Å². The van der Waals surface area contributed by atoms with E-state index in [0.717, 1.165) is 19.3 Å². The molecule has 0 aliphatic carbocycles. The van der Waals surface area contributed by atoms with E-state index >= 15 is 0 Å². The number of carbonyl (C=O) groups is 2. The fraction of sp³-hybridized carbons (Fsp3) is 0.826. The molecule has 0 aromatic rings. The average Bonchev–Trinajstić information content (AvgIpc) is 2.67. The Balaban J connectivity index is 3.31. The maximum Gasteiger partial charge on any atom is 0.320 e. The Morgan fingerprint density at radius 1 is 0.857 bits per heavy atom. The topological polar surface area (TPSA) is 92.4 Å². The lowest BCUT2D eigenvalue weighted by molar-refractivity contribution is -0.138. The van der Waals surface area contributed by atoms with Crippen molar-refractivity contribution in [1.29, 1.82) is 0 Å². The van der Waals surface area contributed by atoms with Crippen LogP contribution in [0.15, 0.2) is 12.2 Å². The maximum absolute atomic E-state index is 11.7. The van der Waals surface area contributed by atoms with Crippen LogP contribution in [0.25, 0.3) is 0 Å². The van der Waals surface area contributed by atoms with Crippen molar-refractivity contribution in [1.82, 2.24) is 5.32 Å². The van der Waals surface area contributed by atoms with E-state index in [2.05, 4.69) is 24.4 Å². The molecule has 0 fully saturated rings. The summed E-state index contributed by atoms with van der Waals surface area (Å²) in [6, 6.07) is -0.795. The lowest BCUT2D eigenvalue weighted by Crippen LogP contribution is -2.30. The van der Waals surface area contributed by atoms with Gasteiger partial charge in [0.25, 0.3) is 0 Å². The minimum atomic E-state index is -0.964.